The van der Waals surface area contributed by atoms with Crippen molar-refractivity contribution in [3.05, 3.63) is 46.4 Å². The number of benzene rings is 1. The van der Waals surface area contributed by atoms with Crippen molar-refractivity contribution < 1.29 is 4.74 Å². The number of nitrogens with zero attached hydrogens (tertiary/aromatic N) is 1. The third-order valence-corrected chi connectivity index (χ3v) is 3.82. The zero-order valence-electron chi connectivity index (χ0n) is 12.1. The molecule has 20 heavy (non-hydrogen) atoms. The van der Waals surface area contributed by atoms with E-state index in [2.05, 4.69) is 36.3 Å². The molecule has 0 amide bonds. The normalized spacial score (nSPS) is 12.3. The van der Waals surface area contributed by atoms with E-state index in [9.17, 15) is 0 Å². The predicted octanol–water partition coefficient (Wildman–Crippen LogP) is 4.02. The summed E-state index contributed by atoms with van der Waals surface area (Å²) in [5.74, 6) is 0.934. The van der Waals surface area contributed by atoms with Crippen LogP contribution in [0.15, 0.2) is 35.8 Å². The molecule has 0 aliphatic heterocycles. The van der Waals surface area contributed by atoms with Gasteiger partial charge in [-0.1, -0.05) is 26.0 Å². The van der Waals surface area contributed by atoms with Crippen LogP contribution in [0.5, 0.6) is 5.75 Å². The minimum Gasteiger partial charge on any atom is -0.494 e. The van der Waals surface area contributed by atoms with Gasteiger partial charge in [0, 0.05) is 11.6 Å². The molecule has 0 radical (unpaired) electrons. The third-order valence-electron chi connectivity index (χ3n) is 2.98. The van der Waals surface area contributed by atoms with Gasteiger partial charge in [-0.05, 0) is 37.1 Å². The van der Waals surface area contributed by atoms with Crippen molar-refractivity contribution in [2.45, 2.75) is 32.7 Å². The van der Waals surface area contributed by atoms with Gasteiger partial charge in [0.05, 0.1) is 12.6 Å². The number of thiazole rings is 1. The fourth-order valence-electron chi connectivity index (χ4n) is 1.99. The number of nitrogens with one attached hydrogen (secondary N) is 1. The maximum atomic E-state index is 5.63. The van der Waals surface area contributed by atoms with Gasteiger partial charge in [-0.3, -0.25) is 0 Å². The van der Waals surface area contributed by atoms with Crippen LogP contribution in [-0.2, 0) is 0 Å². The van der Waals surface area contributed by atoms with Gasteiger partial charge in [-0.25, -0.2) is 4.98 Å². The van der Waals surface area contributed by atoms with Gasteiger partial charge in [0.2, 0.25) is 0 Å². The lowest BCUT2D eigenvalue weighted by Crippen LogP contribution is -2.23. The lowest BCUT2D eigenvalue weighted by molar-refractivity contribution is 0.317. The number of rotatable bonds is 8. The van der Waals surface area contributed by atoms with Crippen molar-refractivity contribution in [2.24, 2.45) is 0 Å². The zero-order chi connectivity index (χ0) is 14.2. The van der Waals surface area contributed by atoms with Gasteiger partial charge in [0.25, 0.3) is 0 Å². The standard InChI is InChI=1S/C16H22N2OS/c1-3-9-17-15(16-18-10-12-20-16)13-5-7-14(8-6-13)19-11-4-2/h5-8,10,12,15,17H,3-4,9,11H2,1-2H3. The summed E-state index contributed by atoms with van der Waals surface area (Å²) in [5, 5.41) is 6.69. The highest BCUT2D eigenvalue weighted by atomic mass is 32.1. The van der Waals surface area contributed by atoms with E-state index in [4.69, 9.17) is 4.74 Å². The zero-order valence-corrected chi connectivity index (χ0v) is 13.0. The van der Waals surface area contributed by atoms with Crippen LogP contribution in [0.25, 0.3) is 0 Å². The molecule has 1 heterocycles. The second-order valence-electron chi connectivity index (χ2n) is 4.67. The first-order valence-corrected chi connectivity index (χ1v) is 8.08. The monoisotopic (exact) mass is 290 g/mol. The smallest absolute Gasteiger partial charge is 0.119 e. The second-order valence-corrected chi connectivity index (χ2v) is 5.60. The molecule has 108 valence electrons. The third kappa shape index (κ3) is 4.05. The van der Waals surface area contributed by atoms with Crippen LogP contribution in [0, 0.1) is 0 Å². The fraction of sp³-hybridized carbons (Fsp3) is 0.438. The van der Waals surface area contributed by atoms with E-state index in [0.29, 0.717) is 0 Å². The molecule has 0 saturated carbocycles. The summed E-state index contributed by atoms with van der Waals surface area (Å²) in [6, 6.07) is 8.51. The van der Waals surface area contributed by atoms with Crippen molar-refractivity contribution in [3.63, 3.8) is 0 Å². The highest BCUT2D eigenvalue weighted by Crippen LogP contribution is 2.25. The molecular weight excluding hydrogens is 268 g/mol. The molecule has 0 aliphatic rings. The lowest BCUT2D eigenvalue weighted by atomic mass is 10.1. The Labute approximate surface area is 125 Å². The molecule has 0 bridgehead atoms. The van der Waals surface area contributed by atoms with Gasteiger partial charge < -0.3 is 10.1 Å². The second kappa shape index (κ2) is 8.02. The van der Waals surface area contributed by atoms with Crippen LogP contribution < -0.4 is 10.1 Å². The van der Waals surface area contributed by atoms with E-state index >= 15 is 0 Å². The van der Waals surface area contributed by atoms with Crippen molar-refractivity contribution >= 4 is 11.3 Å². The Morgan fingerprint density at radius 2 is 2.00 bits per heavy atom. The quantitative estimate of drug-likeness (QED) is 0.797. The number of ether oxygens (including phenoxy) is 1. The Morgan fingerprint density at radius 1 is 1.20 bits per heavy atom. The molecule has 0 aliphatic carbocycles. The molecule has 1 atom stereocenters. The maximum absolute atomic E-state index is 5.63. The molecule has 0 spiro atoms. The van der Waals surface area contributed by atoms with Gasteiger partial charge in [0.15, 0.2) is 0 Å². The van der Waals surface area contributed by atoms with E-state index in [1.54, 1.807) is 11.3 Å². The summed E-state index contributed by atoms with van der Waals surface area (Å²) < 4.78 is 5.63. The summed E-state index contributed by atoms with van der Waals surface area (Å²) in [6.45, 7) is 6.04. The highest BCUT2D eigenvalue weighted by molar-refractivity contribution is 7.09. The average molecular weight is 290 g/mol. The van der Waals surface area contributed by atoms with Crippen molar-refractivity contribution in [1.29, 1.82) is 0 Å². The Kier molecular flexibility index (Phi) is 6.02. The average Bonchev–Trinajstić information content (AvgIpc) is 3.01. The molecular formula is C16H22N2OS. The summed E-state index contributed by atoms with van der Waals surface area (Å²) in [4.78, 5) is 4.44. The van der Waals surface area contributed by atoms with Crippen molar-refractivity contribution in [1.82, 2.24) is 10.3 Å². The van der Waals surface area contributed by atoms with Gasteiger partial charge in [0.1, 0.15) is 10.8 Å². The molecule has 1 aromatic heterocycles. The van der Waals surface area contributed by atoms with Gasteiger partial charge >= 0.3 is 0 Å². The van der Waals surface area contributed by atoms with Crippen LogP contribution in [0.1, 0.15) is 43.3 Å². The van der Waals surface area contributed by atoms with Crippen LogP contribution >= 0.6 is 11.3 Å². The van der Waals surface area contributed by atoms with E-state index in [0.717, 1.165) is 36.8 Å². The number of hydrogen-bond donors (Lipinski definition) is 1. The first-order chi connectivity index (χ1) is 9.85. The molecule has 0 fully saturated rings. The molecule has 2 rings (SSSR count). The molecule has 1 aromatic carbocycles. The minimum atomic E-state index is 0.176. The molecule has 3 nitrogen and oxygen atoms in total. The summed E-state index contributed by atoms with van der Waals surface area (Å²) in [5.41, 5.74) is 1.23. The van der Waals surface area contributed by atoms with Crippen LogP contribution in [-0.4, -0.2) is 18.1 Å². The van der Waals surface area contributed by atoms with E-state index < -0.39 is 0 Å². The van der Waals surface area contributed by atoms with E-state index in [-0.39, 0.29) is 6.04 Å². The fourth-order valence-corrected chi connectivity index (χ4v) is 2.73. The largest absolute Gasteiger partial charge is 0.494 e. The van der Waals surface area contributed by atoms with E-state index in [1.165, 1.54) is 5.56 Å². The van der Waals surface area contributed by atoms with Crippen LogP contribution in [0.4, 0.5) is 0 Å². The van der Waals surface area contributed by atoms with E-state index in [1.807, 2.05) is 23.7 Å². The number of hydrogen-bond acceptors (Lipinski definition) is 4. The predicted molar refractivity (Wildman–Crippen MR) is 84.5 cm³/mol. The lowest BCUT2D eigenvalue weighted by Gasteiger charge is -2.17. The molecule has 2 aromatic rings. The SMILES string of the molecule is CCCNC(c1ccc(OCCC)cc1)c1nccs1. The van der Waals surface area contributed by atoms with Gasteiger partial charge in [-0.2, -0.15) is 0 Å². The highest BCUT2D eigenvalue weighted by Gasteiger charge is 2.15. The Balaban J connectivity index is 2.12. The maximum Gasteiger partial charge on any atom is 0.119 e. The number of aromatic nitrogens is 1. The van der Waals surface area contributed by atoms with Crippen LogP contribution in [0.2, 0.25) is 0 Å². The molecule has 4 heteroatoms. The first-order valence-electron chi connectivity index (χ1n) is 7.20. The molecule has 1 N–H and O–H groups in total. The van der Waals surface area contributed by atoms with Crippen LogP contribution in [0.3, 0.4) is 0 Å². The van der Waals surface area contributed by atoms with Gasteiger partial charge in [-0.15, -0.1) is 11.3 Å². The summed E-state index contributed by atoms with van der Waals surface area (Å²) in [7, 11) is 0. The first kappa shape index (κ1) is 15.0. The minimum absolute atomic E-state index is 0.176. The summed E-state index contributed by atoms with van der Waals surface area (Å²) in [6.07, 6.45) is 4.00. The topological polar surface area (TPSA) is 34.1 Å². The van der Waals surface area contributed by atoms with Crippen molar-refractivity contribution in [2.75, 3.05) is 13.2 Å². The Bertz CT molecular complexity index is 482. The Hall–Kier alpha value is -1.39. The molecule has 0 saturated heterocycles. The van der Waals surface area contributed by atoms with Crippen molar-refractivity contribution in [3.8, 4) is 5.75 Å². The summed E-state index contributed by atoms with van der Waals surface area (Å²) >= 11 is 1.69. The molecule has 1 unspecified atom stereocenters. The Morgan fingerprint density at radius 3 is 2.60 bits per heavy atom.